The van der Waals surface area contributed by atoms with Gasteiger partial charge in [-0.3, -0.25) is 0 Å². The molecule has 2 heterocycles. The minimum Gasteiger partial charge on any atom is -0.450 e. The van der Waals surface area contributed by atoms with Gasteiger partial charge in [0.25, 0.3) is 5.69 Å². The molecule has 0 fully saturated rings. The van der Waals surface area contributed by atoms with Gasteiger partial charge in [-0.15, -0.1) is 0 Å². The van der Waals surface area contributed by atoms with Crippen molar-refractivity contribution in [2.24, 2.45) is 7.05 Å². The lowest BCUT2D eigenvalue weighted by molar-refractivity contribution is -0.633. The van der Waals surface area contributed by atoms with Crippen LogP contribution in [0.1, 0.15) is 16.7 Å². The zero-order chi connectivity index (χ0) is 23.8. The largest absolute Gasteiger partial charge is 0.450 e. The predicted octanol–water partition coefficient (Wildman–Crippen LogP) is 6.34. The van der Waals surface area contributed by atoms with Gasteiger partial charge in [-0.25, -0.2) is 0 Å². The highest BCUT2D eigenvalue weighted by atomic mass is 28.3. The molecule has 0 atom stereocenters. The fourth-order valence-corrected chi connectivity index (χ4v) is 8.51. The zero-order valence-electron chi connectivity index (χ0n) is 20.8. The third-order valence-corrected chi connectivity index (χ3v) is 11.3. The first-order valence-corrected chi connectivity index (χ1v) is 15.0. The minimum absolute atomic E-state index is 0.952. The molecule has 0 saturated heterocycles. The van der Waals surface area contributed by atoms with Gasteiger partial charge in [0.15, 0.2) is 5.75 Å². The lowest BCUT2D eigenvalue weighted by atomic mass is 9.89. The number of hydrogen-bond donors (Lipinski definition) is 0. The number of benzene rings is 4. The summed E-state index contributed by atoms with van der Waals surface area (Å²) >= 11 is 0. The summed E-state index contributed by atoms with van der Waals surface area (Å²) in [5.74, 6) is 1.92. The van der Waals surface area contributed by atoms with E-state index in [4.69, 9.17) is 4.74 Å². The predicted molar refractivity (Wildman–Crippen MR) is 146 cm³/mol. The highest BCUT2D eigenvalue weighted by Gasteiger charge is 2.34. The van der Waals surface area contributed by atoms with Gasteiger partial charge in [0.2, 0.25) is 5.52 Å². The van der Waals surface area contributed by atoms with E-state index in [1.54, 1.807) is 0 Å². The molecular weight excluding hydrogens is 430 g/mol. The highest BCUT2D eigenvalue weighted by molar-refractivity contribution is 7.01. The van der Waals surface area contributed by atoms with Gasteiger partial charge < -0.3 is 4.74 Å². The summed E-state index contributed by atoms with van der Waals surface area (Å²) in [7, 11) is 0.286. The molecule has 3 heteroatoms. The van der Waals surface area contributed by atoms with Crippen molar-refractivity contribution in [1.29, 1.82) is 0 Å². The second kappa shape index (κ2) is 7.28. The molecule has 0 saturated carbocycles. The maximum absolute atomic E-state index is 6.68. The Morgan fingerprint density at radius 1 is 0.794 bits per heavy atom. The first kappa shape index (κ1) is 21.1. The molecule has 1 aliphatic heterocycles. The molecule has 0 N–H and O–H groups in total. The Morgan fingerprint density at radius 2 is 1.56 bits per heavy atom. The molecule has 5 aromatic rings. The van der Waals surface area contributed by atoms with Crippen molar-refractivity contribution in [1.82, 2.24) is 0 Å². The topological polar surface area (TPSA) is 13.1 Å². The van der Waals surface area contributed by atoms with Crippen LogP contribution in [-0.2, 0) is 7.05 Å². The number of fused-ring (bicyclic) bond motifs is 3. The third kappa shape index (κ3) is 2.90. The van der Waals surface area contributed by atoms with Crippen molar-refractivity contribution >= 4 is 40.1 Å². The summed E-state index contributed by atoms with van der Waals surface area (Å²) in [4.78, 5) is 0. The van der Waals surface area contributed by atoms with E-state index in [9.17, 15) is 0 Å². The monoisotopic (exact) mass is 460 g/mol. The Kier molecular flexibility index (Phi) is 4.52. The molecule has 0 spiro atoms. The van der Waals surface area contributed by atoms with E-state index >= 15 is 0 Å². The molecule has 6 rings (SSSR count). The Bertz CT molecular complexity index is 1630. The molecule has 0 aliphatic carbocycles. The normalized spacial score (nSPS) is 12.6. The van der Waals surface area contributed by atoms with Crippen LogP contribution in [0, 0.1) is 20.8 Å². The molecule has 0 bridgehead atoms. The number of ether oxygens (including phenoxy) is 1. The number of aryl methyl sites for hydroxylation is 3. The lowest BCUT2D eigenvalue weighted by Crippen LogP contribution is -2.53. The van der Waals surface area contributed by atoms with Crippen LogP contribution >= 0.6 is 0 Å². The van der Waals surface area contributed by atoms with Crippen molar-refractivity contribution in [2.75, 3.05) is 0 Å². The third-order valence-electron chi connectivity index (χ3n) is 7.78. The molecule has 34 heavy (non-hydrogen) atoms. The van der Waals surface area contributed by atoms with Crippen LogP contribution in [0.3, 0.4) is 0 Å². The molecule has 1 aromatic heterocycles. The molecule has 2 nitrogen and oxygen atoms in total. The summed E-state index contributed by atoms with van der Waals surface area (Å²) in [6.45, 7) is 11.5. The smallest absolute Gasteiger partial charge is 0.256 e. The SMILES string of the molecule is Cc1cc2c3c(c(C)c(C)cc3c1)-c1c(cc3c([Si](C)(C)c4ccccc4)cccc3[n+]1C)O2. The highest BCUT2D eigenvalue weighted by Crippen LogP contribution is 2.48. The van der Waals surface area contributed by atoms with Crippen LogP contribution in [0.5, 0.6) is 11.5 Å². The molecule has 1 aliphatic rings. The van der Waals surface area contributed by atoms with E-state index in [2.05, 4.69) is 118 Å². The average Bonchev–Trinajstić information content (AvgIpc) is 2.81. The van der Waals surface area contributed by atoms with E-state index in [-0.39, 0.29) is 0 Å². The fraction of sp³-hybridized carbons (Fsp3) is 0.194. The molecule has 0 radical (unpaired) electrons. The molecule has 4 aromatic carbocycles. The number of rotatable bonds is 2. The lowest BCUT2D eigenvalue weighted by Gasteiger charge is -2.26. The summed E-state index contributed by atoms with van der Waals surface area (Å²) in [5, 5.41) is 6.67. The first-order chi connectivity index (χ1) is 16.3. The van der Waals surface area contributed by atoms with Crippen molar-refractivity contribution in [2.45, 2.75) is 33.9 Å². The average molecular weight is 461 g/mol. The Labute approximate surface area is 202 Å². The van der Waals surface area contributed by atoms with Crippen molar-refractivity contribution < 1.29 is 9.30 Å². The summed E-state index contributed by atoms with van der Waals surface area (Å²) in [6, 6.07) is 26.8. The van der Waals surface area contributed by atoms with Gasteiger partial charge in [-0.1, -0.05) is 72.9 Å². The second-order valence-electron chi connectivity index (χ2n) is 10.3. The molecule has 0 amide bonds. The first-order valence-electron chi connectivity index (χ1n) is 12.0. The maximum atomic E-state index is 6.68. The zero-order valence-corrected chi connectivity index (χ0v) is 21.8. The minimum atomic E-state index is -1.91. The van der Waals surface area contributed by atoms with E-state index in [0.717, 1.165) is 11.5 Å². The van der Waals surface area contributed by atoms with Crippen LogP contribution in [0.25, 0.3) is 32.9 Å². The van der Waals surface area contributed by atoms with Gasteiger partial charge in [-0.05, 0) is 54.1 Å². The van der Waals surface area contributed by atoms with E-state index in [1.807, 2.05) is 0 Å². The van der Waals surface area contributed by atoms with E-state index in [0.29, 0.717) is 0 Å². The van der Waals surface area contributed by atoms with Crippen LogP contribution in [0.2, 0.25) is 13.1 Å². The standard InChI is InChI=1S/C31H30NOSi/c1-19-15-22-17-20(2)21(3)29-30(22)26(16-19)33-27-18-24-25(32(4)31(27)29)13-10-14-28(24)34(5,6)23-11-8-7-9-12-23/h7-18H,1-6H3/q+1. The van der Waals surface area contributed by atoms with Crippen LogP contribution in [-0.4, -0.2) is 8.07 Å². The van der Waals surface area contributed by atoms with Crippen molar-refractivity contribution in [3.63, 3.8) is 0 Å². The Balaban J connectivity index is 1.70. The summed E-state index contributed by atoms with van der Waals surface area (Å²) in [5.41, 5.74) is 7.60. The Morgan fingerprint density at radius 3 is 2.32 bits per heavy atom. The molecular formula is C31H30NOSi+. The number of nitrogens with zero attached hydrogens (tertiary/aromatic N) is 1. The van der Waals surface area contributed by atoms with E-state index in [1.165, 1.54) is 60.0 Å². The van der Waals surface area contributed by atoms with Crippen LogP contribution in [0.15, 0.2) is 72.8 Å². The fourth-order valence-electron chi connectivity index (χ4n) is 5.79. The maximum Gasteiger partial charge on any atom is 0.256 e. The van der Waals surface area contributed by atoms with Gasteiger partial charge in [0.1, 0.15) is 20.9 Å². The van der Waals surface area contributed by atoms with Gasteiger partial charge in [0, 0.05) is 22.9 Å². The number of pyridine rings is 1. The van der Waals surface area contributed by atoms with Crippen LogP contribution < -0.4 is 19.7 Å². The molecule has 0 unspecified atom stereocenters. The number of aromatic nitrogens is 1. The summed E-state index contributed by atoms with van der Waals surface area (Å²) in [6.07, 6.45) is 0. The quantitative estimate of drug-likeness (QED) is 0.217. The molecule has 168 valence electrons. The van der Waals surface area contributed by atoms with Crippen molar-refractivity contribution in [3.8, 4) is 22.8 Å². The summed E-state index contributed by atoms with van der Waals surface area (Å²) < 4.78 is 9.04. The van der Waals surface area contributed by atoms with Crippen LogP contribution in [0.4, 0.5) is 0 Å². The van der Waals surface area contributed by atoms with Crippen molar-refractivity contribution in [3.05, 3.63) is 89.5 Å². The van der Waals surface area contributed by atoms with E-state index < -0.39 is 8.07 Å². The van der Waals surface area contributed by atoms with Gasteiger partial charge in [-0.2, -0.15) is 4.57 Å². The second-order valence-corrected chi connectivity index (χ2v) is 14.7. The number of hydrogen-bond acceptors (Lipinski definition) is 1. The van der Waals surface area contributed by atoms with Gasteiger partial charge >= 0.3 is 0 Å². The van der Waals surface area contributed by atoms with Gasteiger partial charge in [0.05, 0.1) is 5.56 Å². The Hall–Kier alpha value is -3.43.